The number of carbonyl (C=O) groups is 2. The minimum Gasteiger partial charge on any atom is -0.507 e. The summed E-state index contributed by atoms with van der Waals surface area (Å²) >= 11 is 12.5. The number of aliphatic hydroxyl groups is 1. The standard InChI is InChI=1S/C25H21Cl2NO5/c1-12-5-7-18(13(2)9-12)28-21(19-8-6-14(3)33-19)20(23(30)25(28)31)22(29)15-10-16(26)24(32-4)17(27)11-15/h5-11,21,29H,1-4H3/b22-20-. The summed E-state index contributed by atoms with van der Waals surface area (Å²) in [5, 5.41) is 11.5. The zero-order valence-electron chi connectivity index (χ0n) is 18.4. The van der Waals surface area contributed by atoms with Gasteiger partial charge in [0.2, 0.25) is 0 Å². The molecule has 170 valence electrons. The number of hydrogen-bond donors (Lipinski definition) is 1. The maximum atomic E-state index is 13.2. The van der Waals surface area contributed by atoms with E-state index < -0.39 is 23.5 Å². The lowest BCUT2D eigenvalue weighted by atomic mass is 9.98. The number of furan rings is 1. The number of halogens is 2. The third kappa shape index (κ3) is 3.90. The number of aliphatic hydroxyl groups excluding tert-OH is 1. The summed E-state index contributed by atoms with van der Waals surface area (Å²) in [4.78, 5) is 27.8. The molecule has 4 rings (SSSR count). The van der Waals surface area contributed by atoms with E-state index in [9.17, 15) is 14.7 Å². The lowest BCUT2D eigenvalue weighted by molar-refractivity contribution is -0.132. The monoisotopic (exact) mass is 485 g/mol. The van der Waals surface area contributed by atoms with Crippen LogP contribution in [0, 0.1) is 20.8 Å². The third-order valence-corrected chi connectivity index (χ3v) is 6.12. The predicted molar refractivity (Wildman–Crippen MR) is 127 cm³/mol. The van der Waals surface area contributed by atoms with Crippen LogP contribution in [0.5, 0.6) is 5.75 Å². The summed E-state index contributed by atoms with van der Waals surface area (Å²) in [6.45, 7) is 5.56. The van der Waals surface area contributed by atoms with Crippen molar-refractivity contribution >= 4 is 46.3 Å². The average Bonchev–Trinajstić information content (AvgIpc) is 3.29. The van der Waals surface area contributed by atoms with Gasteiger partial charge in [-0.3, -0.25) is 14.5 Å². The Morgan fingerprint density at radius 3 is 2.24 bits per heavy atom. The summed E-state index contributed by atoms with van der Waals surface area (Å²) < 4.78 is 11.0. The Morgan fingerprint density at radius 2 is 1.70 bits per heavy atom. The van der Waals surface area contributed by atoms with Crippen molar-refractivity contribution in [2.45, 2.75) is 26.8 Å². The van der Waals surface area contributed by atoms with E-state index in [-0.39, 0.29) is 26.9 Å². The van der Waals surface area contributed by atoms with Crippen LogP contribution < -0.4 is 9.64 Å². The van der Waals surface area contributed by atoms with E-state index in [1.807, 2.05) is 26.0 Å². The molecule has 1 saturated heterocycles. The van der Waals surface area contributed by atoms with Gasteiger partial charge in [-0.15, -0.1) is 0 Å². The van der Waals surface area contributed by atoms with E-state index in [4.69, 9.17) is 32.4 Å². The van der Waals surface area contributed by atoms with Crippen molar-refractivity contribution in [1.29, 1.82) is 0 Å². The number of methoxy groups -OCH3 is 1. The first kappa shape index (κ1) is 23.0. The average molecular weight is 486 g/mol. The molecule has 2 aromatic carbocycles. The zero-order chi connectivity index (χ0) is 24.0. The molecule has 0 bridgehead atoms. The second-order valence-electron chi connectivity index (χ2n) is 7.88. The van der Waals surface area contributed by atoms with E-state index in [1.54, 1.807) is 25.1 Å². The number of rotatable bonds is 4. The van der Waals surface area contributed by atoms with E-state index in [0.29, 0.717) is 17.2 Å². The maximum Gasteiger partial charge on any atom is 0.300 e. The number of ether oxygens (including phenoxy) is 1. The fourth-order valence-electron chi connectivity index (χ4n) is 4.07. The molecular weight excluding hydrogens is 465 g/mol. The first-order chi connectivity index (χ1) is 15.6. The smallest absolute Gasteiger partial charge is 0.300 e. The molecule has 1 unspecified atom stereocenters. The number of carbonyl (C=O) groups excluding carboxylic acids is 2. The van der Waals surface area contributed by atoms with Gasteiger partial charge in [0, 0.05) is 11.3 Å². The van der Waals surface area contributed by atoms with Crippen molar-refractivity contribution in [3.8, 4) is 5.75 Å². The Morgan fingerprint density at radius 1 is 1.03 bits per heavy atom. The summed E-state index contributed by atoms with van der Waals surface area (Å²) in [6, 6.07) is 10.9. The van der Waals surface area contributed by atoms with Crippen LogP contribution >= 0.6 is 23.2 Å². The Bertz CT molecular complexity index is 1300. The number of benzene rings is 2. The Labute approximate surface area is 201 Å². The van der Waals surface area contributed by atoms with Gasteiger partial charge in [-0.2, -0.15) is 0 Å². The largest absolute Gasteiger partial charge is 0.507 e. The molecule has 1 fully saturated rings. The Hall–Kier alpha value is -3.22. The molecule has 1 N–H and O–H groups in total. The molecule has 0 spiro atoms. The molecule has 1 amide bonds. The molecule has 1 aromatic heterocycles. The summed E-state index contributed by atoms with van der Waals surface area (Å²) in [5.41, 5.74) is 2.43. The lowest BCUT2D eigenvalue weighted by Gasteiger charge is -2.25. The molecule has 6 nitrogen and oxygen atoms in total. The number of hydrogen-bond acceptors (Lipinski definition) is 5. The molecule has 8 heteroatoms. The minimum absolute atomic E-state index is 0.119. The van der Waals surface area contributed by atoms with Gasteiger partial charge in [0.05, 0.1) is 22.7 Å². The van der Waals surface area contributed by atoms with Crippen LogP contribution in [-0.2, 0) is 9.59 Å². The second kappa shape index (κ2) is 8.61. The van der Waals surface area contributed by atoms with Crippen LogP contribution in [0.15, 0.2) is 52.5 Å². The zero-order valence-corrected chi connectivity index (χ0v) is 19.9. The van der Waals surface area contributed by atoms with Gasteiger partial charge in [0.15, 0.2) is 5.75 Å². The number of ketones is 1. The van der Waals surface area contributed by atoms with Gasteiger partial charge >= 0.3 is 0 Å². The first-order valence-corrected chi connectivity index (χ1v) is 10.9. The van der Waals surface area contributed by atoms with Gasteiger partial charge in [-0.05, 0) is 56.7 Å². The molecule has 2 heterocycles. The van der Waals surface area contributed by atoms with Crippen molar-refractivity contribution in [2.24, 2.45) is 0 Å². The summed E-state index contributed by atoms with van der Waals surface area (Å²) in [5.74, 6) is -0.830. The van der Waals surface area contributed by atoms with Crippen LogP contribution in [-0.4, -0.2) is 23.9 Å². The molecule has 3 aromatic rings. The lowest BCUT2D eigenvalue weighted by Crippen LogP contribution is -2.30. The minimum atomic E-state index is -0.972. The highest BCUT2D eigenvalue weighted by molar-refractivity contribution is 6.51. The highest BCUT2D eigenvalue weighted by Crippen LogP contribution is 2.45. The van der Waals surface area contributed by atoms with Crippen LogP contribution in [0.3, 0.4) is 0 Å². The van der Waals surface area contributed by atoms with Gasteiger partial charge in [0.1, 0.15) is 23.3 Å². The van der Waals surface area contributed by atoms with Gasteiger partial charge in [-0.1, -0.05) is 40.9 Å². The highest BCUT2D eigenvalue weighted by atomic mass is 35.5. The normalized spacial score (nSPS) is 17.6. The number of nitrogens with zero attached hydrogens (tertiary/aromatic N) is 1. The molecule has 0 radical (unpaired) electrons. The quantitative estimate of drug-likeness (QED) is 0.272. The van der Waals surface area contributed by atoms with E-state index in [2.05, 4.69) is 0 Å². The van der Waals surface area contributed by atoms with E-state index >= 15 is 0 Å². The van der Waals surface area contributed by atoms with E-state index in [1.165, 1.54) is 24.1 Å². The van der Waals surface area contributed by atoms with Crippen LogP contribution in [0.4, 0.5) is 5.69 Å². The summed E-state index contributed by atoms with van der Waals surface area (Å²) in [6.07, 6.45) is 0. The van der Waals surface area contributed by atoms with Crippen molar-refractivity contribution in [3.63, 3.8) is 0 Å². The van der Waals surface area contributed by atoms with Crippen LogP contribution in [0.1, 0.15) is 34.3 Å². The van der Waals surface area contributed by atoms with Crippen LogP contribution in [0.2, 0.25) is 10.0 Å². The Balaban J connectivity index is 1.97. The molecule has 0 saturated carbocycles. The van der Waals surface area contributed by atoms with Gasteiger partial charge in [0.25, 0.3) is 11.7 Å². The van der Waals surface area contributed by atoms with Crippen LogP contribution in [0.25, 0.3) is 5.76 Å². The van der Waals surface area contributed by atoms with Crippen molar-refractivity contribution in [3.05, 3.63) is 86.3 Å². The van der Waals surface area contributed by atoms with E-state index in [0.717, 1.165) is 11.1 Å². The molecule has 0 aliphatic carbocycles. The molecule has 1 atom stereocenters. The number of amides is 1. The van der Waals surface area contributed by atoms with Gasteiger partial charge in [-0.25, -0.2) is 0 Å². The third-order valence-electron chi connectivity index (χ3n) is 5.56. The number of Topliss-reactive ketones (excluding diaryl/α,β-unsaturated/α-hetero) is 1. The molecule has 33 heavy (non-hydrogen) atoms. The Kier molecular flexibility index (Phi) is 5.99. The highest BCUT2D eigenvalue weighted by Gasteiger charge is 2.48. The van der Waals surface area contributed by atoms with Crippen molar-refractivity contribution in [1.82, 2.24) is 0 Å². The molecule has 1 aliphatic heterocycles. The van der Waals surface area contributed by atoms with Crippen molar-refractivity contribution < 1.29 is 23.8 Å². The molecular formula is C25H21Cl2NO5. The summed E-state index contributed by atoms with van der Waals surface area (Å²) in [7, 11) is 1.42. The van der Waals surface area contributed by atoms with Crippen molar-refractivity contribution in [2.75, 3.05) is 12.0 Å². The number of anilines is 1. The second-order valence-corrected chi connectivity index (χ2v) is 8.69. The first-order valence-electron chi connectivity index (χ1n) is 10.1. The predicted octanol–water partition coefficient (Wildman–Crippen LogP) is 6.15. The maximum absolute atomic E-state index is 13.2. The topological polar surface area (TPSA) is 80.0 Å². The number of aryl methyl sites for hydroxylation is 3. The van der Waals surface area contributed by atoms with Gasteiger partial charge < -0.3 is 14.3 Å². The fourth-order valence-corrected chi connectivity index (χ4v) is 4.71. The molecule has 1 aliphatic rings. The SMILES string of the molecule is COc1c(Cl)cc(/C(O)=C2/C(=O)C(=O)N(c3ccc(C)cc3C)C2c2ccc(C)o2)cc1Cl. The fraction of sp³-hybridized carbons (Fsp3) is 0.200.